The maximum atomic E-state index is 14.6. The number of phenolic OH excluding ortho intramolecular Hbond substituents is 1. The van der Waals surface area contributed by atoms with Crippen LogP contribution in [0.4, 0.5) is 0 Å². The van der Waals surface area contributed by atoms with Crippen LogP contribution < -0.4 is 70.8 Å². The molecule has 0 bridgehead atoms. The van der Waals surface area contributed by atoms with Crippen LogP contribution in [0, 0.1) is 5.92 Å². The van der Waals surface area contributed by atoms with Gasteiger partial charge in [-0.25, -0.2) is 8.42 Å². The summed E-state index contributed by atoms with van der Waals surface area (Å²) in [6, 6.07) is 3.12. The summed E-state index contributed by atoms with van der Waals surface area (Å²) in [4.78, 5) is 114. The predicted molar refractivity (Wildman–Crippen MR) is 295 cm³/mol. The Morgan fingerprint density at radius 2 is 1.37 bits per heavy atom. The van der Waals surface area contributed by atoms with Crippen LogP contribution in [0.5, 0.6) is 17.2 Å². The van der Waals surface area contributed by atoms with Crippen LogP contribution in [0.1, 0.15) is 94.2 Å². The zero-order valence-electron chi connectivity index (χ0n) is 47.7. The van der Waals surface area contributed by atoms with Crippen LogP contribution in [0.3, 0.4) is 0 Å². The number of unbranched alkanes of at least 4 members (excludes halogenated alkanes) is 4. The van der Waals surface area contributed by atoms with Gasteiger partial charge >= 0.3 is 29.6 Å². The zero-order chi connectivity index (χ0) is 62.6. The smallest absolute Gasteiger partial charge is 0.716 e. The third kappa shape index (κ3) is 18.5. The van der Waals surface area contributed by atoms with E-state index >= 15 is 0 Å². The summed E-state index contributed by atoms with van der Waals surface area (Å²) in [6.07, 6.45) is -11.2. The molecule has 15 N–H and O–H groups in total. The molecule has 0 aromatic heterocycles. The summed E-state index contributed by atoms with van der Waals surface area (Å²) in [5.41, 5.74) is 6.25. The summed E-state index contributed by atoms with van der Waals surface area (Å²) >= 11 is 0. The number of fused-ring (bicyclic) bond motifs is 2. The number of primary amides is 1. The molecule has 3 saturated heterocycles. The van der Waals surface area contributed by atoms with E-state index in [1.54, 1.807) is 12.1 Å². The molecular weight excluding hydrogens is 1160 g/mol. The number of nitrogens with two attached hydrogens (primary N) is 1. The molecule has 14 unspecified atom stereocenters. The van der Waals surface area contributed by atoms with Crippen molar-refractivity contribution in [3.8, 4) is 28.4 Å². The van der Waals surface area contributed by atoms with E-state index in [1.165, 1.54) is 19.1 Å². The molecule has 0 radical (unpaired) electrons. The minimum atomic E-state index is -5.58. The van der Waals surface area contributed by atoms with E-state index in [1.807, 2.05) is 24.3 Å². The number of aliphatic hydroxyl groups excluding tert-OH is 7. The van der Waals surface area contributed by atoms with Crippen molar-refractivity contribution in [2.45, 2.75) is 151 Å². The van der Waals surface area contributed by atoms with Crippen LogP contribution >= 0.6 is 0 Å². The first-order valence-corrected chi connectivity index (χ1v) is 28.9. The molecule has 3 heterocycles. The third-order valence-corrected chi connectivity index (χ3v) is 15.2. The quantitative estimate of drug-likeness (QED) is 0.0230. The fourth-order valence-corrected chi connectivity index (χ4v) is 10.5. The number of β-amino-alcohol motifs (C(OH)–C–C–N with tert-alkyl or cyclic N) is 1. The van der Waals surface area contributed by atoms with Gasteiger partial charge in [-0.2, -0.15) is 0 Å². The number of nitrogens with zero attached hydrogens (tertiary/aromatic N) is 2. The molecule has 8 amide bonds. The molecule has 29 nitrogen and oxygen atoms in total. The minimum Gasteiger partial charge on any atom is -0.716 e. The number of hydrogen-bond donors (Lipinski definition) is 14. The second-order valence-corrected chi connectivity index (χ2v) is 22.4. The fraction of sp³-hybridized carbons (Fsp3) is 0.527. The topological polar surface area (TPSA) is 467 Å². The Balaban J connectivity index is 0.0000135. The molecule has 3 aliphatic rings. The molecule has 14 atom stereocenters. The SMILES string of the molecule is CCCCCCCOc1ccc(-c2ccc(C(=O)NC3CC(O)CNC(=O)C4C(O)C(C)CN4C(=O)C(C(O)CC(N)=O)NC(=O)C(C(O)C(O)c4ccc(O)c(OS(=O)(=O)[O-])c4)NC(=O)C4CC(O)CN4C(=O)C(C(C)O)NC3=O)cc2)cc1.[Na+]. The number of aromatic hydroxyl groups is 1. The largest absolute Gasteiger partial charge is 1.00 e. The number of nitrogens with one attached hydrogen (secondary N) is 5. The van der Waals surface area contributed by atoms with Crippen LogP contribution in [-0.2, 0) is 44.0 Å². The van der Waals surface area contributed by atoms with E-state index < -0.39 is 199 Å². The summed E-state index contributed by atoms with van der Waals surface area (Å²) in [7, 11) is -5.58. The number of aliphatic hydroxyl groups is 7. The van der Waals surface area contributed by atoms with Crippen LogP contribution in [0.25, 0.3) is 11.1 Å². The molecule has 3 fully saturated rings. The number of ether oxygens (including phenoxy) is 1. The number of hydrogen-bond acceptors (Lipinski definition) is 21. The molecule has 31 heteroatoms. The standard InChI is InChI=1S/C55H74N8O21S.Na/c1-4-5-6-7-8-19-83-35-16-13-30(14-17-35)29-9-11-31(12-10-29)49(73)58-36-21-33(65)24-57-53(77)45-46(70)27(2)25-63(45)55(79)43(39(68)23-41(56)69)60-52(76)44(48(72)47(71)32-15-18-38(67)40(20-32)84-85(80,81)82)61-51(75)37-22-34(66)26-62(37)54(78)42(28(3)64)59-50(36)74;/h9-18,20,27-28,33-34,36-37,39,42-48,64-68,70-72H,4-8,19,21-26H2,1-3H3,(H2,56,69)(H,57,77)(H,58,73)(H,59,74)(H,60,76)(H,61,75)(H,80,81,82);/q;+1/p-1. The van der Waals surface area contributed by atoms with Gasteiger partial charge in [0.2, 0.25) is 41.4 Å². The fourth-order valence-electron chi connectivity index (χ4n) is 10.2. The Labute approximate surface area is 517 Å². The first kappa shape index (κ1) is 70.2. The second-order valence-electron chi connectivity index (χ2n) is 21.4. The Morgan fingerprint density at radius 3 is 1.99 bits per heavy atom. The maximum Gasteiger partial charge on any atom is 1.00 e. The Kier molecular flexibility index (Phi) is 25.6. The summed E-state index contributed by atoms with van der Waals surface area (Å²) < 4.78 is 44.4. The summed E-state index contributed by atoms with van der Waals surface area (Å²) in [5.74, 6) is -12.5. The molecule has 3 aliphatic heterocycles. The van der Waals surface area contributed by atoms with Gasteiger partial charge in [0, 0.05) is 44.0 Å². The van der Waals surface area contributed by atoms with Crippen molar-refractivity contribution >= 4 is 57.7 Å². The second kappa shape index (κ2) is 31.4. The predicted octanol–water partition coefficient (Wildman–Crippen LogP) is -6.43. The van der Waals surface area contributed by atoms with Crippen molar-refractivity contribution in [1.82, 2.24) is 36.4 Å². The van der Waals surface area contributed by atoms with Crippen LogP contribution in [0.2, 0.25) is 0 Å². The first-order valence-electron chi connectivity index (χ1n) is 27.6. The van der Waals surface area contributed by atoms with Crippen molar-refractivity contribution in [3.05, 3.63) is 77.9 Å². The Morgan fingerprint density at radius 1 is 0.767 bits per heavy atom. The molecule has 6 rings (SSSR count). The summed E-state index contributed by atoms with van der Waals surface area (Å²) in [6.45, 7) is 3.28. The van der Waals surface area contributed by atoms with E-state index in [4.69, 9.17) is 10.5 Å². The molecule has 0 aliphatic carbocycles. The van der Waals surface area contributed by atoms with Gasteiger partial charge in [-0.3, -0.25) is 38.4 Å². The van der Waals surface area contributed by atoms with Crippen molar-refractivity contribution < 1.29 is 131 Å². The van der Waals surface area contributed by atoms with Gasteiger partial charge in [0.15, 0.2) is 11.5 Å². The number of amides is 8. The average Bonchev–Trinajstić information content (AvgIpc) is 2.16. The Bertz CT molecular complexity index is 3000. The van der Waals surface area contributed by atoms with E-state index in [0.717, 1.165) is 50.7 Å². The van der Waals surface area contributed by atoms with Crippen molar-refractivity contribution in [2.24, 2.45) is 11.7 Å². The molecule has 86 heavy (non-hydrogen) atoms. The monoisotopic (exact) mass is 1240 g/mol. The summed E-state index contributed by atoms with van der Waals surface area (Å²) in [5, 5.41) is 101. The molecule has 0 spiro atoms. The van der Waals surface area contributed by atoms with Crippen molar-refractivity contribution in [2.75, 3.05) is 26.2 Å². The van der Waals surface area contributed by atoms with Gasteiger partial charge in [-0.05, 0) is 66.4 Å². The van der Waals surface area contributed by atoms with E-state index in [0.29, 0.717) is 39.9 Å². The van der Waals surface area contributed by atoms with Gasteiger partial charge in [-0.1, -0.05) is 69.9 Å². The third-order valence-electron chi connectivity index (χ3n) is 14.8. The number of carbonyl (C=O) groups is 8. The van der Waals surface area contributed by atoms with E-state index in [2.05, 4.69) is 37.7 Å². The van der Waals surface area contributed by atoms with E-state index in [9.17, 15) is 92.2 Å². The number of benzene rings is 3. The van der Waals surface area contributed by atoms with Crippen LogP contribution in [0.15, 0.2) is 66.7 Å². The average molecular weight is 1240 g/mol. The van der Waals surface area contributed by atoms with Crippen molar-refractivity contribution in [1.29, 1.82) is 0 Å². The normalized spacial score (nSPS) is 25.9. The van der Waals surface area contributed by atoms with Gasteiger partial charge in [-0.15, -0.1) is 0 Å². The number of rotatable bonds is 19. The zero-order valence-corrected chi connectivity index (χ0v) is 50.5. The number of phenols is 1. The van der Waals surface area contributed by atoms with Gasteiger partial charge in [0.1, 0.15) is 54.2 Å². The number of carbonyl (C=O) groups excluding carboxylic acids is 8. The van der Waals surface area contributed by atoms with Crippen LogP contribution in [-0.4, -0.2) is 210 Å². The molecule has 466 valence electrons. The first-order chi connectivity index (χ1) is 40.1. The molecule has 0 saturated carbocycles. The maximum absolute atomic E-state index is 14.6. The molecule has 3 aromatic rings. The van der Waals surface area contributed by atoms with Gasteiger partial charge < -0.3 is 96.4 Å². The van der Waals surface area contributed by atoms with E-state index in [-0.39, 0.29) is 35.1 Å². The minimum absolute atomic E-state index is 0. The molecular formula is C55H73N8NaO21S. The van der Waals surface area contributed by atoms with Crippen molar-refractivity contribution in [3.63, 3.8) is 0 Å². The van der Waals surface area contributed by atoms with Gasteiger partial charge in [0.05, 0.1) is 43.5 Å². The Hall–Kier alpha value is -6.55. The molecule has 3 aromatic carbocycles. The van der Waals surface area contributed by atoms with Gasteiger partial charge in [0.25, 0.3) is 16.3 Å².